The third-order valence-electron chi connectivity index (χ3n) is 6.43. The number of aryl methyl sites for hydroxylation is 1. The van der Waals surface area contributed by atoms with Crippen LogP contribution in [0, 0.1) is 0 Å². The maximum absolute atomic E-state index is 13.6. The summed E-state index contributed by atoms with van der Waals surface area (Å²) in [5.41, 5.74) is 6.37. The van der Waals surface area contributed by atoms with E-state index < -0.39 is 0 Å². The van der Waals surface area contributed by atoms with Crippen molar-refractivity contribution in [1.29, 1.82) is 0 Å². The second kappa shape index (κ2) is 7.27. The smallest absolute Gasteiger partial charge is 0.255 e. The Morgan fingerprint density at radius 3 is 2.41 bits per heavy atom. The van der Waals surface area contributed by atoms with Gasteiger partial charge in [-0.05, 0) is 35.4 Å². The maximum atomic E-state index is 13.6. The van der Waals surface area contributed by atoms with E-state index in [0.717, 1.165) is 44.6 Å². The molecule has 0 saturated carbocycles. The summed E-state index contributed by atoms with van der Waals surface area (Å²) in [6, 6.07) is 30.4. The molecule has 3 heterocycles. The van der Waals surface area contributed by atoms with Crippen LogP contribution in [0.1, 0.15) is 33.3 Å². The molecular weight excluding hydrogens is 396 g/mol. The first-order chi connectivity index (χ1) is 15.7. The number of fused-ring (bicyclic) bond motifs is 2. The van der Waals surface area contributed by atoms with Gasteiger partial charge in [0, 0.05) is 29.1 Å². The highest BCUT2D eigenvalue weighted by molar-refractivity contribution is 6.02. The number of aromatic nitrogens is 1. The lowest BCUT2D eigenvalue weighted by Gasteiger charge is -2.26. The molecule has 32 heavy (non-hydrogen) atoms. The van der Waals surface area contributed by atoms with Gasteiger partial charge in [0.2, 0.25) is 0 Å². The van der Waals surface area contributed by atoms with Crippen molar-refractivity contribution < 1.29 is 9.21 Å². The van der Waals surface area contributed by atoms with E-state index in [1.807, 2.05) is 41.3 Å². The normalized spacial score (nSPS) is 15.5. The van der Waals surface area contributed by atoms with Crippen molar-refractivity contribution in [2.24, 2.45) is 7.05 Å². The average molecular weight is 418 g/mol. The number of carbonyl (C=O) groups is 1. The zero-order valence-corrected chi connectivity index (χ0v) is 17.7. The van der Waals surface area contributed by atoms with Crippen molar-refractivity contribution in [1.82, 2.24) is 9.47 Å². The van der Waals surface area contributed by atoms with Crippen LogP contribution in [-0.2, 0) is 13.6 Å². The molecule has 6 rings (SSSR count). The minimum Gasteiger partial charge on any atom is -0.467 e. The minimum atomic E-state index is -0.204. The van der Waals surface area contributed by atoms with Gasteiger partial charge in [0.15, 0.2) is 0 Å². The van der Waals surface area contributed by atoms with Crippen LogP contribution in [-0.4, -0.2) is 15.4 Å². The minimum absolute atomic E-state index is 0.0361. The Hall–Kier alpha value is -4.05. The number of hydrogen-bond donors (Lipinski definition) is 0. The van der Waals surface area contributed by atoms with Crippen LogP contribution in [0.3, 0.4) is 0 Å². The fourth-order valence-corrected chi connectivity index (χ4v) is 5.06. The first-order valence-corrected chi connectivity index (χ1v) is 10.8. The lowest BCUT2D eigenvalue weighted by atomic mass is 9.93. The molecule has 0 spiro atoms. The van der Waals surface area contributed by atoms with Crippen molar-refractivity contribution in [3.63, 3.8) is 0 Å². The SMILES string of the molecule is Cn1c(-c2ccccc2)c([C@@H]2c3ccccc3C(=O)N2Cc2ccco2)c2ccccc21. The van der Waals surface area contributed by atoms with Crippen molar-refractivity contribution in [3.05, 3.63) is 120 Å². The van der Waals surface area contributed by atoms with Gasteiger partial charge in [0.1, 0.15) is 5.76 Å². The van der Waals surface area contributed by atoms with Gasteiger partial charge in [-0.2, -0.15) is 0 Å². The van der Waals surface area contributed by atoms with Gasteiger partial charge in [0.25, 0.3) is 5.91 Å². The highest BCUT2D eigenvalue weighted by Crippen LogP contribution is 2.46. The molecule has 4 heteroatoms. The number of benzene rings is 3. The molecular formula is C28H22N2O2. The Bertz CT molecular complexity index is 1430. The Morgan fingerprint density at radius 1 is 0.844 bits per heavy atom. The zero-order valence-electron chi connectivity index (χ0n) is 17.7. The van der Waals surface area contributed by atoms with Crippen molar-refractivity contribution in [3.8, 4) is 11.3 Å². The molecule has 0 N–H and O–H groups in total. The number of carbonyl (C=O) groups excluding carboxylic acids is 1. The Labute approximate surface area is 186 Å². The van der Waals surface area contributed by atoms with Gasteiger partial charge in [0.05, 0.1) is 24.5 Å². The van der Waals surface area contributed by atoms with E-state index in [2.05, 4.69) is 66.2 Å². The molecule has 3 aromatic carbocycles. The van der Waals surface area contributed by atoms with E-state index in [4.69, 9.17) is 4.42 Å². The van der Waals surface area contributed by atoms with Crippen LogP contribution >= 0.6 is 0 Å². The summed E-state index contributed by atoms with van der Waals surface area (Å²) in [7, 11) is 2.10. The first-order valence-electron chi connectivity index (χ1n) is 10.8. The average Bonchev–Trinajstić information content (AvgIpc) is 3.52. The molecule has 0 saturated heterocycles. The summed E-state index contributed by atoms with van der Waals surface area (Å²) in [5.74, 6) is 0.812. The zero-order chi connectivity index (χ0) is 21.7. The van der Waals surface area contributed by atoms with Crippen LogP contribution in [0.5, 0.6) is 0 Å². The van der Waals surface area contributed by atoms with Gasteiger partial charge < -0.3 is 13.9 Å². The van der Waals surface area contributed by atoms with Crippen LogP contribution < -0.4 is 0 Å². The van der Waals surface area contributed by atoms with Gasteiger partial charge in [-0.15, -0.1) is 0 Å². The fraction of sp³-hybridized carbons (Fsp3) is 0.107. The van der Waals surface area contributed by atoms with Gasteiger partial charge >= 0.3 is 0 Å². The van der Waals surface area contributed by atoms with E-state index >= 15 is 0 Å². The molecule has 0 aliphatic carbocycles. The molecule has 0 unspecified atom stereocenters. The quantitative estimate of drug-likeness (QED) is 0.349. The van der Waals surface area contributed by atoms with E-state index in [1.165, 1.54) is 0 Å². The van der Waals surface area contributed by atoms with E-state index in [0.29, 0.717) is 6.54 Å². The summed E-state index contributed by atoms with van der Waals surface area (Å²) in [6.07, 6.45) is 1.66. The molecule has 2 aromatic heterocycles. The Kier molecular flexibility index (Phi) is 4.25. The molecule has 0 bridgehead atoms. The number of furan rings is 1. The van der Waals surface area contributed by atoms with E-state index in [1.54, 1.807) is 6.26 Å². The summed E-state index contributed by atoms with van der Waals surface area (Å²) in [6.45, 7) is 0.419. The molecule has 5 aromatic rings. The Morgan fingerprint density at radius 2 is 1.59 bits per heavy atom. The summed E-state index contributed by atoms with van der Waals surface area (Å²) >= 11 is 0. The van der Waals surface area contributed by atoms with Gasteiger partial charge in [-0.1, -0.05) is 66.7 Å². The number of amides is 1. The third-order valence-corrected chi connectivity index (χ3v) is 6.43. The van der Waals surface area contributed by atoms with Crippen LogP contribution in [0.25, 0.3) is 22.2 Å². The lowest BCUT2D eigenvalue weighted by Crippen LogP contribution is -2.28. The maximum Gasteiger partial charge on any atom is 0.255 e. The predicted octanol–water partition coefficient (Wildman–Crippen LogP) is 6.18. The highest BCUT2D eigenvalue weighted by atomic mass is 16.3. The largest absolute Gasteiger partial charge is 0.467 e. The fourth-order valence-electron chi connectivity index (χ4n) is 5.06. The molecule has 1 amide bonds. The van der Waals surface area contributed by atoms with Crippen LogP contribution in [0.15, 0.2) is 102 Å². The molecule has 0 radical (unpaired) electrons. The number of hydrogen-bond acceptors (Lipinski definition) is 2. The number of rotatable bonds is 4. The van der Waals surface area contributed by atoms with Gasteiger partial charge in [-0.3, -0.25) is 4.79 Å². The van der Waals surface area contributed by atoms with Crippen LogP contribution in [0.4, 0.5) is 0 Å². The predicted molar refractivity (Wildman–Crippen MR) is 125 cm³/mol. The van der Waals surface area contributed by atoms with Crippen molar-refractivity contribution in [2.75, 3.05) is 0 Å². The standard InChI is InChI=1S/C28H22N2O2/c1-29-24-16-8-7-15-23(24)25(26(29)19-10-3-2-4-11-19)27-21-13-5-6-14-22(21)28(31)30(27)18-20-12-9-17-32-20/h2-17,27H,18H2,1H3/t27-/m0/s1. The van der Waals surface area contributed by atoms with Gasteiger partial charge in [-0.25, -0.2) is 0 Å². The lowest BCUT2D eigenvalue weighted by molar-refractivity contribution is 0.0724. The third kappa shape index (κ3) is 2.73. The molecule has 156 valence electrons. The molecule has 0 fully saturated rings. The van der Waals surface area contributed by atoms with Crippen molar-refractivity contribution in [2.45, 2.75) is 12.6 Å². The summed E-state index contributed by atoms with van der Waals surface area (Å²) < 4.78 is 7.88. The van der Waals surface area contributed by atoms with Crippen LogP contribution in [0.2, 0.25) is 0 Å². The second-order valence-electron chi connectivity index (χ2n) is 8.21. The molecule has 1 aliphatic heterocycles. The first kappa shape index (κ1) is 18.7. The molecule has 1 aliphatic rings. The Balaban J connectivity index is 1.65. The summed E-state index contributed by atoms with van der Waals surface area (Å²) in [5, 5.41) is 1.16. The topological polar surface area (TPSA) is 38.4 Å². The summed E-state index contributed by atoms with van der Waals surface area (Å²) in [4.78, 5) is 15.5. The number of nitrogens with zero attached hydrogens (tertiary/aromatic N) is 2. The van der Waals surface area contributed by atoms with E-state index in [9.17, 15) is 4.79 Å². The molecule has 1 atom stereocenters. The number of para-hydroxylation sites is 1. The second-order valence-corrected chi connectivity index (χ2v) is 8.21. The monoisotopic (exact) mass is 418 g/mol. The van der Waals surface area contributed by atoms with E-state index in [-0.39, 0.29) is 11.9 Å². The van der Waals surface area contributed by atoms with Crippen molar-refractivity contribution >= 4 is 16.8 Å². The molecule has 4 nitrogen and oxygen atoms in total. The highest BCUT2D eigenvalue weighted by Gasteiger charge is 2.40.